The first-order valence-electron chi connectivity index (χ1n) is 16.1. The number of alkyl halides is 2. The molecule has 8 nitrogen and oxygen atoms in total. The van der Waals surface area contributed by atoms with Crippen molar-refractivity contribution >= 4 is 64.3 Å². The largest absolute Gasteiger partial charge is 0.504 e. The van der Waals surface area contributed by atoms with Gasteiger partial charge in [0.2, 0.25) is 17.6 Å². The molecule has 1 saturated carbocycles. The molecule has 3 fully saturated rings. The second-order valence-corrected chi connectivity index (χ2v) is 14.3. The molecule has 0 aromatic heterocycles. The zero-order valence-electron chi connectivity index (χ0n) is 27.2. The average Bonchev–Trinajstić information content (AvgIpc) is 3.48. The van der Waals surface area contributed by atoms with Gasteiger partial charge in [-0.3, -0.25) is 24.1 Å². The summed E-state index contributed by atoms with van der Waals surface area (Å²) in [6, 6.07) is 11.0. The highest BCUT2D eigenvalue weighted by Gasteiger charge is 2.76. The van der Waals surface area contributed by atoms with Gasteiger partial charge in [0.15, 0.2) is 44.5 Å². The van der Waals surface area contributed by atoms with E-state index in [1.807, 2.05) is 6.92 Å². The normalized spacial score (nSPS) is 28.4. The zero-order valence-corrected chi connectivity index (χ0v) is 28.7. The van der Waals surface area contributed by atoms with Gasteiger partial charge in [0.25, 0.3) is 11.8 Å². The second-order valence-electron chi connectivity index (χ2n) is 13.1. The third-order valence-corrected chi connectivity index (χ3v) is 12.0. The van der Waals surface area contributed by atoms with E-state index in [9.17, 15) is 37.5 Å². The number of amides is 4. The molecule has 270 valence electrons. The van der Waals surface area contributed by atoms with Crippen LogP contribution in [0.3, 0.4) is 0 Å². The fraction of sp³-hybridized carbons (Fsp3) is 0.297. The van der Waals surface area contributed by atoms with Crippen LogP contribution >= 0.6 is 23.2 Å². The number of benzene rings is 3. The fourth-order valence-corrected chi connectivity index (χ4v) is 8.85. The van der Waals surface area contributed by atoms with Crippen LogP contribution in [-0.2, 0) is 25.6 Å². The van der Waals surface area contributed by atoms with Gasteiger partial charge in [-0.1, -0.05) is 48.9 Å². The molecule has 4 amide bonds. The van der Waals surface area contributed by atoms with Crippen molar-refractivity contribution < 1.29 is 51.0 Å². The summed E-state index contributed by atoms with van der Waals surface area (Å²) in [5, 5.41) is 10.1. The number of aromatic hydroxyl groups is 1. The maximum atomic E-state index is 15.2. The maximum Gasteiger partial charge on any atom is 0.258 e. The predicted octanol–water partition coefficient (Wildman–Crippen LogP) is 6.97. The molecule has 1 N–H and O–H groups in total. The van der Waals surface area contributed by atoms with Crippen LogP contribution in [0.15, 0.2) is 60.2 Å². The van der Waals surface area contributed by atoms with Gasteiger partial charge in [-0.15, -0.1) is 23.2 Å². The van der Waals surface area contributed by atoms with E-state index >= 15 is 8.78 Å². The molecule has 15 heteroatoms. The summed E-state index contributed by atoms with van der Waals surface area (Å²) in [5.74, 6) is -21.2. The highest BCUT2D eigenvalue weighted by molar-refractivity contribution is 6.58. The minimum absolute atomic E-state index is 0.00767. The van der Waals surface area contributed by atoms with Crippen molar-refractivity contribution in [1.29, 1.82) is 0 Å². The van der Waals surface area contributed by atoms with Gasteiger partial charge < -0.3 is 9.84 Å². The highest BCUT2D eigenvalue weighted by Crippen LogP contribution is 2.64. The monoisotopic (exact) mass is 760 g/mol. The third kappa shape index (κ3) is 4.77. The Hall–Kier alpha value is -4.75. The van der Waals surface area contributed by atoms with Crippen molar-refractivity contribution in [3.63, 3.8) is 0 Å². The Morgan fingerprint density at radius 2 is 1.50 bits per heavy atom. The van der Waals surface area contributed by atoms with E-state index in [0.717, 1.165) is 10.5 Å². The summed E-state index contributed by atoms with van der Waals surface area (Å²) in [5.41, 5.74) is 0.111. The summed E-state index contributed by atoms with van der Waals surface area (Å²) in [7, 11) is 1.31. The van der Waals surface area contributed by atoms with Crippen molar-refractivity contribution in [2.45, 2.75) is 35.9 Å². The van der Waals surface area contributed by atoms with Crippen molar-refractivity contribution in [3.8, 4) is 11.5 Å². The number of halogens is 7. The van der Waals surface area contributed by atoms with Gasteiger partial charge in [-0.25, -0.2) is 26.9 Å². The van der Waals surface area contributed by atoms with Gasteiger partial charge >= 0.3 is 0 Å². The molecule has 52 heavy (non-hydrogen) atoms. The summed E-state index contributed by atoms with van der Waals surface area (Å²) < 4.78 is 78.5. The number of hydrogen-bond donors (Lipinski definition) is 1. The molecule has 0 unspecified atom stereocenters. The number of fused-ring (bicyclic) bond motifs is 4. The average molecular weight is 762 g/mol. The van der Waals surface area contributed by atoms with E-state index in [-0.39, 0.29) is 22.8 Å². The Morgan fingerprint density at radius 3 is 2.12 bits per heavy atom. The van der Waals surface area contributed by atoms with Crippen LogP contribution < -0.4 is 14.5 Å². The van der Waals surface area contributed by atoms with Gasteiger partial charge in [0.05, 0.1) is 24.6 Å². The topological polar surface area (TPSA) is 104 Å². The van der Waals surface area contributed by atoms with Crippen molar-refractivity contribution in [3.05, 3.63) is 100 Å². The molecule has 0 spiro atoms. The zero-order chi connectivity index (χ0) is 37.6. The lowest BCUT2D eigenvalue weighted by Crippen LogP contribution is -2.60. The SMILES string of the molecule is CCc1ccc(N2C(=O)[C@H]3[C@H](CC=C4[C@H]3C[C@@]3(Cl)C(=O)N(c5c(F)c(F)c(F)c(F)c5F)C(=O)[C@@]3(Cl)[C@H]4C=Cc3ccc(O)c(OC)c3)C2=O)cc1. The number of allylic oxidation sites excluding steroid dienone is 3. The molecule has 2 aliphatic heterocycles. The standard InChI is InChI=1S/C37H27Cl2F5N2O6/c1-3-16-4-8-18(9-5-16)45-32(48)20-11-10-19-21(25(20)33(45)49)15-36(38)34(50)46(31-29(43)27(41)26(40)28(42)30(31)44)35(51)37(36,39)22(19)12-6-17-7-13-23(47)24(14-17)52-2/h4-10,12-14,20-22,25,47H,3,11,15H2,1-2H3/t20-,21+,22-,25-,36+,37-/m0/s1. The summed E-state index contributed by atoms with van der Waals surface area (Å²) in [6.07, 6.45) is 4.51. The first-order valence-corrected chi connectivity index (χ1v) is 16.9. The van der Waals surface area contributed by atoms with Crippen molar-refractivity contribution in [2.24, 2.45) is 23.7 Å². The molecular formula is C37H27Cl2F5N2O6. The molecular weight excluding hydrogens is 734 g/mol. The Morgan fingerprint density at radius 1 is 0.865 bits per heavy atom. The van der Waals surface area contributed by atoms with Crippen LogP contribution in [0.25, 0.3) is 6.08 Å². The van der Waals surface area contributed by atoms with E-state index in [4.69, 9.17) is 27.9 Å². The summed E-state index contributed by atoms with van der Waals surface area (Å²) in [6.45, 7) is 1.94. The minimum Gasteiger partial charge on any atom is -0.504 e. The van der Waals surface area contributed by atoms with Crippen LogP contribution in [-0.4, -0.2) is 45.6 Å². The lowest BCUT2D eigenvalue weighted by atomic mass is 9.57. The molecule has 3 aromatic rings. The number of nitrogens with zero attached hydrogens (tertiary/aromatic N) is 2. The number of hydrogen-bond acceptors (Lipinski definition) is 6. The number of carbonyl (C=O) groups is 4. The van der Waals surface area contributed by atoms with Crippen LogP contribution in [0.4, 0.5) is 33.3 Å². The Balaban J connectivity index is 1.39. The van der Waals surface area contributed by atoms with Crippen LogP contribution in [0, 0.1) is 52.8 Å². The smallest absolute Gasteiger partial charge is 0.258 e. The highest BCUT2D eigenvalue weighted by atomic mass is 35.5. The van der Waals surface area contributed by atoms with E-state index in [2.05, 4.69) is 0 Å². The molecule has 7 rings (SSSR count). The minimum atomic E-state index is -2.64. The Kier molecular flexibility index (Phi) is 8.53. The molecule has 0 radical (unpaired) electrons. The van der Waals surface area contributed by atoms with Crippen LogP contribution in [0.2, 0.25) is 0 Å². The summed E-state index contributed by atoms with van der Waals surface area (Å²) in [4.78, 5) is 52.2. The fourth-order valence-electron chi connectivity index (χ4n) is 7.96. The number of anilines is 2. The maximum absolute atomic E-state index is 15.2. The van der Waals surface area contributed by atoms with E-state index in [1.165, 1.54) is 37.5 Å². The van der Waals surface area contributed by atoms with E-state index in [0.29, 0.717) is 23.2 Å². The van der Waals surface area contributed by atoms with Gasteiger partial charge in [0.1, 0.15) is 5.69 Å². The third-order valence-electron chi connectivity index (χ3n) is 10.6. The Bertz CT molecular complexity index is 2130. The number of ether oxygens (including phenoxy) is 1. The quantitative estimate of drug-likeness (QED) is 0.0727. The van der Waals surface area contributed by atoms with Crippen LogP contribution in [0.1, 0.15) is 30.9 Å². The van der Waals surface area contributed by atoms with Crippen molar-refractivity contribution in [2.75, 3.05) is 16.9 Å². The van der Waals surface area contributed by atoms with E-state index < -0.39 is 98.2 Å². The van der Waals surface area contributed by atoms with E-state index in [1.54, 1.807) is 30.3 Å². The number of imide groups is 2. The van der Waals surface area contributed by atoms with Gasteiger partial charge in [-0.05, 0) is 60.6 Å². The number of aryl methyl sites for hydroxylation is 1. The number of carbonyl (C=O) groups excluding carboxylic acids is 4. The number of phenolic OH excluding ortho intramolecular Hbond substituents is 1. The van der Waals surface area contributed by atoms with Crippen LogP contribution in [0.5, 0.6) is 11.5 Å². The molecule has 2 saturated heterocycles. The number of methoxy groups -OCH3 is 1. The lowest BCUT2D eigenvalue weighted by Gasteiger charge is -2.49. The predicted molar refractivity (Wildman–Crippen MR) is 179 cm³/mol. The van der Waals surface area contributed by atoms with Gasteiger partial charge in [0, 0.05) is 5.92 Å². The number of rotatable bonds is 6. The number of phenols is 1. The molecule has 6 atom stereocenters. The molecule has 0 bridgehead atoms. The Labute approximate surface area is 303 Å². The lowest BCUT2D eigenvalue weighted by molar-refractivity contribution is -0.125. The molecule has 3 aromatic carbocycles. The molecule has 4 aliphatic rings. The molecule has 2 aliphatic carbocycles. The first kappa shape index (κ1) is 35.6. The first-order chi connectivity index (χ1) is 24.6. The summed E-state index contributed by atoms with van der Waals surface area (Å²) >= 11 is 14.2. The second kappa shape index (κ2) is 12.4. The van der Waals surface area contributed by atoms with Gasteiger partial charge in [-0.2, -0.15) is 0 Å². The molecule has 2 heterocycles. The van der Waals surface area contributed by atoms with Crippen molar-refractivity contribution in [1.82, 2.24) is 0 Å².